The number of nitrogens with two attached hydrogens (primary N) is 1. The molecule has 1 fully saturated rings. The molecular weight excluding hydrogens is 408 g/mol. The molecule has 31 heavy (non-hydrogen) atoms. The van der Waals surface area contributed by atoms with Gasteiger partial charge in [-0.05, 0) is 49.2 Å². The molecule has 4 rings (SSSR count). The third-order valence-electron chi connectivity index (χ3n) is 4.19. The third kappa shape index (κ3) is 6.89. The van der Waals surface area contributed by atoms with Gasteiger partial charge in [-0.3, -0.25) is 4.98 Å². The van der Waals surface area contributed by atoms with Crippen LogP contribution in [0.4, 0.5) is 5.69 Å². The molecule has 4 N–H and O–H groups in total. The Morgan fingerprint density at radius 2 is 1.65 bits per heavy atom. The van der Waals surface area contributed by atoms with Crippen molar-refractivity contribution in [3.05, 3.63) is 62.9 Å². The second kappa shape index (κ2) is 11.4. The van der Waals surface area contributed by atoms with E-state index in [1.54, 1.807) is 18.2 Å². The minimum atomic E-state index is -1.05. The summed E-state index contributed by atoms with van der Waals surface area (Å²) in [6.45, 7) is 2.00. The van der Waals surface area contributed by atoms with Gasteiger partial charge in [-0.25, -0.2) is 14.4 Å². The highest BCUT2D eigenvalue weighted by Gasteiger charge is 2.08. The van der Waals surface area contributed by atoms with Crippen LogP contribution in [0.25, 0.3) is 10.9 Å². The van der Waals surface area contributed by atoms with Gasteiger partial charge in [0.2, 0.25) is 0 Å². The van der Waals surface area contributed by atoms with Crippen LogP contribution in [0, 0.1) is 0 Å². The van der Waals surface area contributed by atoms with Crippen molar-refractivity contribution in [2.45, 2.75) is 12.8 Å². The Labute approximate surface area is 177 Å². The Morgan fingerprint density at radius 1 is 1.03 bits per heavy atom. The highest BCUT2D eigenvalue weighted by atomic mass is 16.5. The van der Waals surface area contributed by atoms with E-state index in [9.17, 15) is 14.4 Å². The van der Waals surface area contributed by atoms with Crippen molar-refractivity contribution >= 4 is 22.6 Å². The summed E-state index contributed by atoms with van der Waals surface area (Å²) in [4.78, 5) is 35.0. The molecule has 1 saturated heterocycles. The number of rotatable bonds is 3. The van der Waals surface area contributed by atoms with Gasteiger partial charge in [-0.15, -0.1) is 0 Å². The van der Waals surface area contributed by atoms with Gasteiger partial charge in [-0.2, -0.15) is 0 Å². The first-order chi connectivity index (χ1) is 14.8. The van der Waals surface area contributed by atoms with Crippen LogP contribution >= 0.6 is 0 Å². The maximum Gasteiger partial charge on any atom is 0.419 e. The number of aromatic amines is 1. The van der Waals surface area contributed by atoms with Crippen molar-refractivity contribution < 1.29 is 28.5 Å². The number of carbonyl (C=O) groups is 1. The van der Waals surface area contributed by atoms with Crippen LogP contribution in [0.5, 0.6) is 11.5 Å². The van der Waals surface area contributed by atoms with Gasteiger partial charge in [0.05, 0.1) is 30.7 Å². The van der Waals surface area contributed by atoms with Crippen molar-refractivity contribution in [1.82, 2.24) is 4.98 Å². The Bertz CT molecular complexity index is 1120. The lowest BCUT2D eigenvalue weighted by Crippen LogP contribution is -2.14. The summed E-state index contributed by atoms with van der Waals surface area (Å²) < 4.78 is 19.1. The fourth-order valence-electron chi connectivity index (χ4n) is 2.56. The highest BCUT2D eigenvalue weighted by Crippen LogP contribution is 2.19. The van der Waals surface area contributed by atoms with E-state index in [0.717, 1.165) is 13.2 Å². The number of aromatic carboxylic acids is 1. The highest BCUT2D eigenvalue weighted by molar-refractivity contribution is 5.94. The van der Waals surface area contributed by atoms with Crippen molar-refractivity contribution in [3.8, 4) is 11.5 Å². The Hall–Kier alpha value is -3.79. The van der Waals surface area contributed by atoms with Crippen molar-refractivity contribution in [2.24, 2.45) is 0 Å². The van der Waals surface area contributed by atoms with Gasteiger partial charge in [0.25, 0.3) is 0 Å². The van der Waals surface area contributed by atoms with Crippen LogP contribution in [-0.4, -0.2) is 43.5 Å². The zero-order valence-corrected chi connectivity index (χ0v) is 17.2. The SMILES string of the molecule is C1CCOC1.COc1ccc(N)c(C(=O)O)c1.COc1ccc2[nH]c(=O)oc(=O)c2c1. The molecule has 166 valence electrons. The lowest BCUT2D eigenvalue weighted by Gasteiger charge is -2.03. The van der Waals surface area contributed by atoms with E-state index < -0.39 is 17.4 Å². The summed E-state index contributed by atoms with van der Waals surface area (Å²) in [6, 6.07) is 9.25. The summed E-state index contributed by atoms with van der Waals surface area (Å²) >= 11 is 0. The number of H-pyrrole nitrogens is 1. The lowest BCUT2D eigenvalue weighted by atomic mass is 10.2. The molecule has 0 spiro atoms. The van der Waals surface area contributed by atoms with Gasteiger partial charge in [-0.1, -0.05) is 0 Å². The quantitative estimate of drug-likeness (QED) is 0.529. The molecule has 0 unspecified atom stereocenters. The number of carboxylic acid groups (broad SMARTS) is 1. The Morgan fingerprint density at radius 3 is 2.19 bits per heavy atom. The molecule has 2 aromatic carbocycles. The summed E-state index contributed by atoms with van der Waals surface area (Å²) in [5.41, 5.74) is 5.48. The van der Waals surface area contributed by atoms with Crippen LogP contribution < -0.4 is 26.6 Å². The van der Waals surface area contributed by atoms with E-state index in [0.29, 0.717) is 22.4 Å². The number of anilines is 1. The number of aromatic nitrogens is 1. The number of hydrogen-bond acceptors (Lipinski definition) is 8. The topological polar surface area (TPSA) is 154 Å². The molecule has 1 aliphatic heterocycles. The van der Waals surface area contributed by atoms with Crippen molar-refractivity contribution in [1.29, 1.82) is 0 Å². The molecule has 1 aliphatic rings. The molecule has 10 heteroatoms. The molecule has 0 bridgehead atoms. The van der Waals surface area contributed by atoms with E-state index in [1.165, 1.54) is 45.3 Å². The van der Waals surface area contributed by atoms with Crippen LogP contribution in [0.2, 0.25) is 0 Å². The normalized spacial score (nSPS) is 12.2. The molecule has 0 aliphatic carbocycles. The number of nitrogen functional groups attached to an aromatic ring is 1. The molecule has 2 heterocycles. The fourth-order valence-corrected chi connectivity index (χ4v) is 2.56. The Balaban J connectivity index is 0.000000182. The largest absolute Gasteiger partial charge is 0.497 e. The zero-order valence-electron chi connectivity index (χ0n) is 17.2. The lowest BCUT2D eigenvalue weighted by molar-refractivity contribution is 0.0697. The number of nitrogens with one attached hydrogen (secondary N) is 1. The maximum absolute atomic E-state index is 11.2. The van der Waals surface area contributed by atoms with Gasteiger partial charge in [0, 0.05) is 18.9 Å². The van der Waals surface area contributed by atoms with Crippen LogP contribution in [0.15, 0.2) is 50.4 Å². The number of hydrogen-bond donors (Lipinski definition) is 3. The number of benzene rings is 2. The summed E-state index contributed by atoms with van der Waals surface area (Å²) in [7, 11) is 2.96. The first-order valence-corrected chi connectivity index (χ1v) is 9.31. The first-order valence-electron chi connectivity index (χ1n) is 9.31. The first kappa shape index (κ1) is 23.5. The molecule has 0 saturated carbocycles. The molecule has 3 aromatic rings. The van der Waals surface area contributed by atoms with Crippen LogP contribution in [0.3, 0.4) is 0 Å². The summed E-state index contributed by atoms with van der Waals surface area (Å²) in [5.74, 6) is -0.780. The second-order valence-electron chi connectivity index (χ2n) is 6.29. The average molecular weight is 432 g/mol. The minimum Gasteiger partial charge on any atom is -0.497 e. The number of methoxy groups -OCH3 is 2. The van der Waals surface area contributed by atoms with E-state index in [-0.39, 0.29) is 11.3 Å². The smallest absolute Gasteiger partial charge is 0.419 e. The van der Waals surface area contributed by atoms with E-state index in [2.05, 4.69) is 9.40 Å². The van der Waals surface area contributed by atoms with Gasteiger partial charge < -0.3 is 29.5 Å². The number of fused-ring (bicyclic) bond motifs is 1. The van der Waals surface area contributed by atoms with Gasteiger partial charge in [0.15, 0.2) is 0 Å². The van der Waals surface area contributed by atoms with Gasteiger partial charge >= 0.3 is 17.4 Å². The standard InChI is InChI=1S/C9H7NO4.C8H9NO3.C4H8O/c1-13-5-2-3-7-6(4-5)8(11)14-9(12)10-7;1-12-5-2-3-7(9)6(4-5)8(10)11;1-2-4-5-3-1/h2-4H,1H3,(H,10,12);2-4H,9H2,1H3,(H,10,11);1-4H2. The van der Waals surface area contributed by atoms with E-state index in [4.69, 9.17) is 25.1 Å². The summed E-state index contributed by atoms with van der Waals surface area (Å²) in [6.07, 6.45) is 2.56. The van der Waals surface area contributed by atoms with Crippen LogP contribution in [-0.2, 0) is 4.74 Å². The van der Waals surface area contributed by atoms with E-state index in [1.807, 2.05) is 0 Å². The van der Waals surface area contributed by atoms with Crippen molar-refractivity contribution in [2.75, 3.05) is 33.2 Å². The predicted octanol–water partition coefficient (Wildman–Crippen LogP) is 2.26. The average Bonchev–Trinajstić information content (AvgIpc) is 3.34. The molecule has 0 atom stereocenters. The molecule has 0 amide bonds. The molecule has 1 aromatic heterocycles. The van der Waals surface area contributed by atoms with Crippen LogP contribution in [0.1, 0.15) is 23.2 Å². The Kier molecular flexibility index (Phi) is 8.64. The van der Waals surface area contributed by atoms with Gasteiger partial charge in [0.1, 0.15) is 11.5 Å². The zero-order chi connectivity index (χ0) is 22.8. The number of carboxylic acids is 1. The fraction of sp³-hybridized carbons (Fsp3) is 0.286. The number of ether oxygens (including phenoxy) is 3. The van der Waals surface area contributed by atoms with E-state index >= 15 is 0 Å². The second-order valence-corrected chi connectivity index (χ2v) is 6.29. The monoisotopic (exact) mass is 432 g/mol. The molecule has 0 radical (unpaired) electrons. The third-order valence-corrected chi connectivity index (χ3v) is 4.19. The van der Waals surface area contributed by atoms with Crippen molar-refractivity contribution in [3.63, 3.8) is 0 Å². The predicted molar refractivity (Wildman–Crippen MR) is 114 cm³/mol. The molecule has 10 nitrogen and oxygen atoms in total. The molecular formula is C21H24N2O8. The minimum absolute atomic E-state index is 0.0642. The summed E-state index contributed by atoms with van der Waals surface area (Å²) in [5, 5.41) is 8.95. The maximum atomic E-state index is 11.2.